The molecule has 0 aromatic rings. The topological polar surface area (TPSA) is 78.4 Å². The van der Waals surface area contributed by atoms with Gasteiger partial charge < -0.3 is 15.7 Å². The molecule has 0 fully saturated rings. The Hall–Kier alpha value is -0.910. The molecule has 0 radical (unpaired) electrons. The Labute approximate surface area is 113 Å². The molecule has 0 bridgehead atoms. The van der Waals surface area contributed by atoms with Crippen LogP contribution in [0.4, 0.5) is 4.79 Å². The first-order valence-corrected chi connectivity index (χ1v) is 7.40. The third-order valence-electron chi connectivity index (χ3n) is 2.58. The molecule has 18 heavy (non-hydrogen) atoms. The van der Waals surface area contributed by atoms with Crippen LogP contribution in [0, 0.1) is 5.41 Å². The molecule has 0 aromatic carbocycles. The van der Waals surface area contributed by atoms with Crippen LogP contribution in [-0.2, 0) is 4.79 Å². The highest BCUT2D eigenvalue weighted by Gasteiger charge is 2.32. The van der Waals surface area contributed by atoms with E-state index < -0.39 is 23.5 Å². The lowest BCUT2D eigenvalue weighted by atomic mass is 9.87. The van der Waals surface area contributed by atoms with Gasteiger partial charge in [-0.15, -0.1) is 0 Å². The molecule has 2 amide bonds. The SMILES string of the molecule is CCC(CSC)NC(=O)N[C@@H](C(=O)O)C(C)(C)C. The molecule has 0 heterocycles. The van der Waals surface area contributed by atoms with Crippen molar-refractivity contribution in [2.75, 3.05) is 12.0 Å². The van der Waals surface area contributed by atoms with E-state index in [0.717, 1.165) is 12.2 Å². The van der Waals surface area contributed by atoms with E-state index in [2.05, 4.69) is 10.6 Å². The average Bonchev–Trinajstić information content (AvgIpc) is 2.23. The first-order valence-electron chi connectivity index (χ1n) is 6.01. The van der Waals surface area contributed by atoms with E-state index in [1.165, 1.54) is 0 Å². The minimum Gasteiger partial charge on any atom is -0.480 e. The Bertz CT molecular complexity index is 290. The van der Waals surface area contributed by atoms with Crippen molar-refractivity contribution in [2.24, 2.45) is 5.41 Å². The number of hydrogen-bond acceptors (Lipinski definition) is 3. The Morgan fingerprint density at radius 1 is 1.28 bits per heavy atom. The molecule has 6 heteroatoms. The average molecular weight is 276 g/mol. The number of rotatable bonds is 6. The Morgan fingerprint density at radius 2 is 1.83 bits per heavy atom. The van der Waals surface area contributed by atoms with Crippen molar-refractivity contribution in [3.05, 3.63) is 0 Å². The summed E-state index contributed by atoms with van der Waals surface area (Å²) in [6.45, 7) is 7.33. The summed E-state index contributed by atoms with van der Waals surface area (Å²) in [5, 5.41) is 14.4. The minimum absolute atomic E-state index is 0.0643. The lowest BCUT2D eigenvalue weighted by Gasteiger charge is -2.28. The molecule has 0 aliphatic carbocycles. The smallest absolute Gasteiger partial charge is 0.326 e. The summed E-state index contributed by atoms with van der Waals surface area (Å²) in [5.41, 5.74) is -0.523. The second-order valence-corrected chi connectivity index (χ2v) is 6.23. The molecule has 2 atom stereocenters. The van der Waals surface area contributed by atoms with Gasteiger partial charge in [0.2, 0.25) is 0 Å². The standard InChI is InChI=1S/C12H24N2O3S/c1-6-8(7-18-5)13-11(17)14-9(10(15)16)12(2,3)4/h8-9H,6-7H2,1-5H3,(H,15,16)(H2,13,14,17)/t8?,9-/m0/s1. The maximum Gasteiger partial charge on any atom is 0.326 e. The zero-order valence-electron chi connectivity index (χ0n) is 11.7. The van der Waals surface area contributed by atoms with Crippen molar-refractivity contribution >= 4 is 23.8 Å². The monoisotopic (exact) mass is 276 g/mol. The van der Waals surface area contributed by atoms with Gasteiger partial charge in [0.05, 0.1) is 0 Å². The third kappa shape index (κ3) is 6.14. The number of amides is 2. The Balaban J connectivity index is 4.48. The zero-order valence-corrected chi connectivity index (χ0v) is 12.6. The second-order valence-electron chi connectivity index (χ2n) is 5.32. The summed E-state index contributed by atoms with van der Waals surface area (Å²) in [5.74, 6) is -0.201. The molecular formula is C12H24N2O3S. The molecule has 0 saturated heterocycles. The highest BCUT2D eigenvalue weighted by atomic mass is 32.2. The number of carboxylic acids is 1. The molecule has 1 unspecified atom stereocenters. The number of carboxylic acid groups (broad SMARTS) is 1. The molecule has 0 saturated carbocycles. The number of carbonyl (C=O) groups excluding carboxylic acids is 1. The first-order chi connectivity index (χ1) is 8.22. The van der Waals surface area contributed by atoms with Crippen LogP contribution in [-0.4, -0.2) is 41.2 Å². The number of hydrogen-bond donors (Lipinski definition) is 3. The van der Waals surface area contributed by atoms with Gasteiger partial charge in [-0.1, -0.05) is 27.7 Å². The summed E-state index contributed by atoms with van der Waals surface area (Å²) >= 11 is 1.65. The van der Waals surface area contributed by atoms with Gasteiger partial charge in [0, 0.05) is 11.8 Å². The van der Waals surface area contributed by atoms with E-state index in [9.17, 15) is 9.59 Å². The summed E-state index contributed by atoms with van der Waals surface area (Å²) in [6, 6.07) is -1.25. The molecule has 0 rings (SSSR count). The highest BCUT2D eigenvalue weighted by molar-refractivity contribution is 7.98. The fourth-order valence-electron chi connectivity index (χ4n) is 1.47. The number of aliphatic carboxylic acids is 1. The lowest BCUT2D eigenvalue weighted by molar-refractivity contribution is -0.141. The molecule has 3 N–H and O–H groups in total. The van der Waals surface area contributed by atoms with Crippen molar-refractivity contribution < 1.29 is 14.7 Å². The summed E-state index contributed by atoms with van der Waals surface area (Å²) in [7, 11) is 0. The third-order valence-corrected chi connectivity index (χ3v) is 3.32. The molecule has 5 nitrogen and oxygen atoms in total. The molecule has 0 spiro atoms. The summed E-state index contributed by atoms with van der Waals surface area (Å²) in [4.78, 5) is 22.9. The van der Waals surface area contributed by atoms with Gasteiger partial charge in [-0.2, -0.15) is 11.8 Å². The van der Waals surface area contributed by atoms with E-state index in [0.29, 0.717) is 0 Å². The molecule has 0 aliphatic rings. The van der Waals surface area contributed by atoms with E-state index in [-0.39, 0.29) is 6.04 Å². The van der Waals surface area contributed by atoms with Gasteiger partial charge in [0.25, 0.3) is 0 Å². The number of nitrogens with one attached hydrogen (secondary N) is 2. The van der Waals surface area contributed by atoms with Crippen molar-refractivity contribution in [2.45, 2.75) is 46.2 Å². The van der Waals surface area contributed by atoms with Gasteiger partial charge in [0.1, 0.15) is 6.04 Å². The van der Waals surface area contributed by atoms with Crippen LogP contribution in [0.1, 0.15) is 34.1 Å². The van der Waals surface area contributed by atoms with Gasteiger partial charge in [-0.25, -0.2) is 9.59 Å². The van der Waals surface area contributed by atoms with Gasteiger partial charge in [-0.3, -0.25) is 0 Å². The van der Waals surface area contributed by atoms with Gasteiger partial charge in [-0.05, 0) is 18.1 Å². The van der Waals surface area contributed by atoms with Crippen molar-refractivity contribution in [3.63, 3.8) is 0 Å². The predicted molar refractivity (Wildman–Crippen MR) is 75.0 cm³/mol. The van der Waals surface area contributed by atoms with Crippen LogP contribution in [0.3, 0.4) is 0 Å². The van der Waals surface area contributed by atoms with E-state index in [1.54, 1.807) is 32.5 Å². The van der Waals surface area contributed by atoms with Gasteiger partial charge >= 0.3 is 12.0 Å². The quantitative estimate of drug-likeness (QED) is 0.692. The van der Waals surface area contributed by atoms with E-state index in [4.69, 9.17) is 5.11 Å². The minimum atomic E-state index is -1.02. The number of carbonyl (C=O) groups is 2. The maximum absolute atomic E-state index is 11.8. The molecule has 0 aromatic heterocycles. The lowest BCUT2D eigenvalue weighted by Crippen LogP contribution is -2.54. The predicted octanol–water partition coefficient (Wildman–Crippen LogP) is 1.93. The van der Waals surface area contributed by atoms with Gasteiger partial charge in [0.15, 0.2) is 0 Å². The maximum atomic E-state index is 11.8. The second kappa shape index (κ2) is 7.51. The van der Waals surface area contributed by atoms with Crippen LogP contribution in [0.25, 0.3) is 0 Å². The molecular weight excluding hydrogens is 252 g/mol. The van der Waals surface area contributed by atoms with Crippen molar-refractivity contribution in [3.8, 4) is 0 Å². The largest absolute Gasteiger partial charge is 0.480 e. The van der Waals surface area contributed by atoms with Crippen LogP contribution < -0.4 is 10.6 Å². The summed E-state index contributed by atoms with van der Waals surface area (Å²) < 4.78 is 0. The molecule has 106 valence electrons. The first kappa shape index (κ1) is 17.1. The highest BCUT2D eigenvalue weighted by Crippen LogP contribution is 2.19. The Morgan fingerprint density at radius 3 is 2.17 bits per heavy atom. The molecule has 0 aliphatic heterocycles. The fraction of sp³-hybridized carbons (Fsp3) is 0.833. The normalized spacial score (nSPS) is 14.7. The van der Waals surface area contributed by atoms with Crippen LogP contribution in [0.5, 0.6) is 0 Å². The van der Waals surface area contributed by atoms with Crippen molar-refractivity contribution in [1.29, 1.82) is 0 Å². The number of urea groups is 1. The zero-order chi connectivity index (χ0) is 14.3. The van der Waals surface area contributed by atoms with E-state index >= 15 is 0 Å². The number of thioether (sulfide) groups is 1. The van der Waals surface area contributed by atoms with Crippen molar-refractivity contribution in [1.82, 2.24) is 10.6 Å². The van der Waals surface area contributed by atoms with E-state index in [1.807, 2.05) is 13.2 Å². The van der Waals surface area contributed by atoms with Crippen LogP contribution in [0.2, 0.25) is 0 Å². The Kier molecular flexibility index (Phi) is 7.13. The van der Waals surface area contributed by atoms with Crippen LogP contribution in [0.15, 0.2) is 0 Å². The van der Waals surface area contributed by atoms with Crippen LogP contribution >= 0.6 is 11.8 Å². The fourth-order valence-corrected chi connectivity index (χ4v) is 2.19. The summed E-state index contributed by atoms with van der Waals surface area (Å²) in [6.07, 6.45) is 2.79.